The highest BCUT2D eigenvalue weighted by Gasteiger charge is 2.55. The van der Waals surface area contributed by atoms with Gasteiger partial charge in [0.15, 0.2) is 0 Å². The quantitative estimate of drug-likeness (QED) is 0.835. The Morgan fingerprint density at radius 1 is 1.25 bits per heavy atom. The first-order valence-electron chi connectivity index (χ1n) is 11.2. The largest absolute Gasteiger partial charge is 0.349 e. The lowest BCUT2D eigenvalue weighted by atomic mass is 9.61. The Morgan fingerprint density at radius 2 is 2.11 bits per heavy atom. The molecule has 2 saturated heterocycles. The van der Waals surface area contributed by atoms with Gasteiger partial charge in [0.05, 0.1) is 0 Å². The zero-order valence-corrected chi connectivity index (χ0v) is 17.4. The molecule has 0 bridgehead atoms. The molecule has 1 N–H and O–H groups in total. The molecule has 28 heavy (non-hydrogen) atoms. The summed E-state index contributed by atoms with van der Waals surface area (Å²) in [6.45, 7) is 5.21. The lowest BCUT2D eigenvalue weighted by Gasteiger charge is -2.53. The molecule has 3 fully saturated rings. The molecule has 0 aromatic heterocycles. The lowest BCUT2D eigenvalue weighted by Crippen LogP contribution is -2.60. The number of carbonyl (C=O) groups excluding carboxylic acids is 2. The Bertz CT molecular complexity index is 746. The van der Waals surface area contributed by atoms with E-state index in [0.717, 1.165) is 69.0 Å². The van der Waals surface area contributed by atoms with Crippen LogP contribution in [0.2, 0.25) is 0 Å². The van der Waals surface area contributed by atoms with Crippen LogP contribution in [-0.4, -0.2) is 34.8 Å². The molecule has 4 heteroatoms. The van der Waals surface area contributed by atoms with Gasteiger partial charge in [-0.05, 0) is 75.8 Å². The van der Waals surface area contributed by atoms with E-state index >= 15 is 0 Å². The van der Waals surface area contributed by atoms with E-state index in [2.05, 4.69) is 17.1 Å². The van der Waals surface area contributed by atoms with Gasteiger partial charge in [-0.2, -0.15) is 0 Å². The molecule has 2 amide bonds. The van der Waals surface area contributed by atoms with Gasteiger partial charge in [0.1, 0.15) is 0 Å². The molecule has 0 unspecified atom stereocenters. The highest BCUT2D eigenvalue weighted by molar-refractivity contribution is 5.94. The summed E-state index contributed by atoms with van der Waals surface area (Å²) in [4.78, 5) is 27.9. The predicted octanol–water partition coefficient (Wildman–Crippen LogP) is 4.46. The van der Waals surface area contributed by atoms with Crippen LogP contribution in [-0.2, 0) is 4.79 Å². The van der Waals surface area contributed by atoms with E-state index in [4.69, 9.17) is 0 Å². The number of nitrogens with zero attached hydrogens (tertiary/aromatic N) is 1. The first kappa shape index (κ1) is 19.5. The Kier molecular flexibility index (Phi) is 5.48. The normalized spacial score (nSPS) is 32.4. The SMILES string of the molecule is CCC[C@H]1[C@@H](NC(=O)c2cccc(C)c2)CC[C@@]23CCCN2C(=O)CCC[C@@H]13. The average Bonchev–Trinajstić information content (AvgIpc) is 3.05. The summed E-state index contributed by atoms with van der Waals surface area (Å²) in [6, 6.07) is 8.08. The molecule has 1 spiro atoms. The van der Waals surface area contributed by atoms with Crippen LogP contribution in [0.1, 0.15) is 80.6 Å². The third kappa shape index (κ3) is 3.35. The Hall–Kier alpha value is -1.84. The molecule has 4 atom stereocenters. The van der Waals surface area contributed by atoms with Crippen LogP contribution in [0.5, 0.6) is 0 Å². The molecule has 1 aromatic rings. The van der Waals surface area contributed by atoms with E-state index in [1.807, 2.05) is 31.2 Å². The van der Waals surface area contributed by atoms with Crippen molar-refractivity contribution in [2.45, 2.75) is 83.2 Å². The fourth-order valence-corrected chi connectivity index (χ4v) is 6.45. The van der Waals surface area contributed by atoms with Crippen molar-refractivity contribution in [2.75, 3.05) is 6.54 Å². The lowest BCUT2D eigenvalue weighted by molar-refractivity contribution is -0.138. The topological polar surface area (TPSA) is 49.4 Å². The highest BCUT2D eigenvalue weighted by Crippen LogP contribution is 2.52. The van der Waals surface area contributed by atoms with Gasteiger partial charge in [-0.15, -0.1) is 0 Å². The first-order valence-corrected chi connectivity index (χ1v) is 11.2. The minimum Gasteiger partial charge on any atom is -0.349 e. The van der Waals surface area contributed by atoms with Gasteiger partial charge in [0.2, 0.25) is 5.91 Å². The van der Waals surface area contributed by atoms with Gasteiger partial charge in [-0.3, -0.25) is 9.59 Å². The molecule has 4 nitrogen and oxygen atoms in total. The minimum atomic E-state index is 0.0544. The molecule has 0 radical (unpaired) electrons. The van der Waals surface area contributed by atoms with Crippen LogP contribution >= 0.6 is 0 Å². The number of aryl methyl sites for hydroxylation is 1. The molecule has 1 saturated carbocycles. The fourth-order valence-electron chi connectivity index (χ4n) is 6.45. The van der Waals surface area contributed by atoms with Crippen LogP contribution in [0.3, 0.4) is 0 Å². The standard InChI is InChI=1S/C24H34N2O2/c1-3-7-19-20-10-5-11-22(27)26-15-6-13-24(20,26)14-12-21(19)25-23(28)18-9-4-8-17(2)16-18/h4,8-9,16,19-21H,3,5-7,10-15H2,1-2H3,(H,25,28)/t19-,20+,21+,24-/m1/s1. The smallest absolute Gasteiger partial charge is 0.251 e. The summed E-state index contributed by atoms with van der Waals surface area (Å²) >= 11 is 0. The molecule has 4 rings (SSSR count). The van der Waals surface area contributed by atoms with Crippen molar-refractivity contribution < 1.29 is 9.59 Å². The van der Waals surface area contributed by atoms with Crippen LogP contribution in [0.15, 0.2) is 24.3 Å². The van der Waals surface area contributed by atoms with E-state index in [1.54, 1.807) is 0 Å². The maximum atomic E-state index is 12.9. The van der Waals surface area contributed by atoms with E-state index in [1.165, 1.54) is 0 Å². The van der Waals surface area contributed by atoms with Crippen molar-refractivity contribution >= 4 is 11.8 Å². The van der Waals surface area contributed by atoms with E-state index in [9.17, 15) is 9.59 Å². The number of hydrogen-bond acceptors (Lipinski definition) is 2. The maximum Gasteiger partial charge on any atom is 0.251 e. The van der Waals surface area contributed by atoms with Crippen molar-refractivity contribution in [3.8, 4) is 0 Å². The summed E-state index contributed by atoms with van der Waals surface area (Å²) in [6.07, 6.45) is 9.42. The summed E-state index contributed by atoms with van der Waals surface area (Å²) < 4.78 is 0. The number of nitrogens with one attached hydrogen (secondary N) is 1. The van der Waals surface area contributed by atoms with Crippen molar-refractivity contribution in [3.63, 3.8) is 0 Å². The van der Waals surface area contributed by atoms with Gasteiger partial charge in [0.25, 0.3) is 5.91 Å². The maximum absolute atomic E-state index is 12.9. The number of hydrogen-bond donors (Lipinski definition) is 1. The van der Waals surface area contributed by atoms with Crippen LogP contribution < -0.4 is 5.32 Å². The molecule has 1 aliphatic carbocycles. The van der Waals surface area contributed by atoms with Gasteiger partial charge in [-0.25, -0.2) is 0 Å². The van der Waals surface area contributed by atoms with Crippen molar-refractivity contribution in [3.05, 3.63) is 35.4 Å². The monoisotopic (exact) mass is 382 g/mol. The fraction of sp³-hybridized carbons (Fsp3) is 0.667. The summed E-state index contributed by atoms with van der Waals surface area (Å²) in [5.74, 6) is 1.42. The second-order valence-electron chi connectivity index (χ2n) is 9.19. The Balaban J connectivity index is 1.58. The van der Waals surface area contributed by atoms with E-state index in [0.29, 0.717) is 24.2 Å². The third-order valence-electron chi connectivity index (χ3n) is 7.57. The summed E-state index contributed by atoms with van der Waals surface area (Å²) in [7, 11) is 0. The van der Waals surface area contributed by atoms with Crippen molar-refractivity contribution in [2.24, 2.45) is 11.8 Å². The number of amides is 2. The molecular weight excluding hydrogens is 348 g/mol. The molecular formula is C24H34N2O2. The molecule has 1 aromatic carbocycles. The van der Waals surface area contributed by atoms with Gasteiger partial charge < -0.3 is 10.2 Å². The molecule has 3 aliphatic rings. The number of benzene rings is 1. The number of rotatable bonds is 4. The van der Waals surface area contributed by atoms with Gasteiger partial charge >= 0.3 is 0 Å². The minimum absolute atomic E-state index is 0.0544. The average molecular weight is 383 g/mol. The van der Waals surface area contributed by atoms with E-state index in [-0.39, 0.29) is 17.5 Å². The zero-order chi connectivity index (χ0) is 19.7. The van der Waals surface area contributed by atoms with Crippen LogP contribution in [0.25, 0.3) is 0 Å². The predicted molar refractivity (Wildman–Crippen MR) is 111 cm³/mol. The van der Waals surface area contributed by atoms with Crippen LogP contribution in [0, 0.1) is 18.8 Å². The summed E-state index contributed by atoms with van der Waals surface area (Å²) in [5, 5.41) is 3.40. The molecule has 2 heterocycles. The second-order valence-corrected chi connectivity index (χ2v) is 9.19. The first-order chi connectivity index (χ1) is 13.5. The second kappa shape index (κ2) is 7.88. The molecule has 152 valence electrons. The van der Waals surface area contributed by atoms with Gasteiger partial charge in [-0.1, -0.05) is 31.0 Å². The molecule has 2 aliphatic heterocycles. The Morgan fingerprint density at radius 3 is 2.89 bits per heavy atom. The third-order valence-corrected chi connectivity index (χ3v) is 7.57. The number of carbonyl (C=O) groups is 2. The van der Waals surface area contributed by atoms with Crippen molar-refractivity contribution in [1.82, 2.24) is 10.2 Å². The van der Waals surface area contributed by atoms with E-state index < -0.39 is 0 Å². The Labute approximate surface area is 169 Å². The van der Waals surface area contributed by atoms with Crippen LogP contribution in [0.4, 0.5) is 0 Å². The van der Waals surface area contributed by atoms with Crippen molar-refractivity contribution in [1.29, 1.82) is 0 Å². The zero-order valence-electron chi connectivity index (χ0n) is 17.4. The van der Waals surface area contributed by atoms with Gasteiger partial charge in [0, 0.05) is 30.1 Å². The highest BCUT2D eigenvalue weighted by atomic mass is 16.2. The summed E-state index contributed by atoms with van der Waals surface area (Å²) in [5.41, 5.74) is 1.94.